The molecule has 0 aliphatic heterocycles. The second-order valence-corrected chi connectivity index (χ2v) is 16.3. The summed E-state index contributed by atoms with van der Waals surface area (Å²) in [6, 6.07) is 0. The van der Waals surface area contributed by atoms with Gasteiger partial charge in [0, 0.05) is 10.4 Å². The number of carbonyl (C=O) groups is 2. The van der Waals surface area contributed by atoms with Crippen molar-refractivity contribution in [2.75, 3.05) is 53.5 Å². The summed E-state index contributed by atoms with van der Waals surface area (Å²) < 4.78 is 34.9. The fourth-order valence-electron chi connectivity index (χ4n) is 6.49. The summed E-state index contributed by atoms with van der Waals surface area (Å²) in [4.78, 5) is 24.5. The van der Waals surface area contributed by atoms with Crippen LogP contribution in [0.3, 0.4) is 0 Å². The van der Waals surface area contributed by atoms with Gasteiger partial charge in [0.25, 0.3) is 0 Å². The monoisotopic (exact) mass is 781 g/mol. The molecule has 0 bridgehead atoms. The number of quaternary nitrogens is 2. The van der Waals surface area contributed by atoms with E-state index in [-0.39, 0.29) is 25.0 Å². The first-order chi connectivity index (χ1) is 25.2. The zero-order valence-corrected chi connectivity index (χ0v) is 36.5. The van der Waals surface area contributed by atoms with Crippen molar-refractivity contribution in [1.82, 2.24) is 0 Å². The van der Waals surface area contributed by atoms with E-state index in [2.05, 4.69) is 13.8 Å². The van der Waals surface area contributed by atoms with Crippen LogP contribution < -0.4 is 0 Å². The maximum Gasteiger partial charge on any atom is 0.313 e. The van der Waals surface area contributed by atoms with Crippen LogP contribution in [-0.2, 0) is 20.0 Å². The largest absolute Gasteiger partial charge is 0.759 e. The fraction of sp³-hybridized carbons (Fsp3) is 0.952. The summed E-state index contributed by atoms with van der Waals surface area (Å²) in [6.07, 6.45) is 36.0. The molecule has 0 aromatic carbocycles. The van der Waals surface area contributed by atoms with Crippen LogP contribution >= 0.6 is 0 Å². The molecule has 10 nitrogen and oxygen atoms in total. The maximum atomic E-state index is 12.2. The molecule has 0 aliphatic rings. The number of likely N-dealkylation sites (N-methyl/N-ethyl adjacent to an activating group) is 2. The van der Waals surface area contributed by atoms with E-state index in [0.717, 1.165) is 25.9 Å². The summed E-state index contributed by atoms with van der Waals surface area (Å²) in [6.45, 7) is 11.4. The van der Waals surface area contributed by atoms with Crippen molar-refractivity contribution in [2.24, 2.45) is 0 Å². The standard InChI is InChI=1S/2C21H44NO2.H2O4S/c2*1-4-6-7-8-9-10-11-12-13-14-15-16-17-18-21(24)22(3,5-2)19-20-23;1-5(2,3)4/h2*23H,4-20H2,1-3H3;(H2,1,2,3,4)/q2*+1;/p-2. The van der Waals surface area contributed by atoms with Gasteiger partial charge in [-0.1, -0.05) is 168 Å². The van der Waals surface area contributed by atoms with E-state index >= 15 is 0 Å². The third kappa shape index (κ3) is 40.5. The summed E-state index contributed by atoms with van der Waals surface area (Å²) >= 11 is 0. The maximum absolute atomic E-state index is 12.2. The molecule has 0 rings (SSSR count). The Morgan fingerprint density at radius 2 is 0.623 bits per heavy atom. The highest BCUT2D eigenvalue weighted by atomic mass is 32.3. The van der Waals surface area contributed by atoms with Crippen LogP contribution in [0.1, 0.15) is 207 Å². The molecule has 0 spiro atoms. The molecule has 2 unspecified atom stereocenters. The Labute approximate surface area is 328 Å². The van der Waals surface area contributed by atoms with Crippen LogP contribution in [0.4, 0.5) is 0 Å². The lowest BCUT2D eigenvalue weighted by Gasteiger charge is -2.29. The van der Waals surface area contributed by atoms with Gasteiger partial charge in [0.2, 0.25) is 0 Å². The molecule has 0 heterocycles. The highest BCUT2D eigenvalue weighted by Gasteiger charge is 2.29. The van der Waals surface area contributed by atoms with Crippen LogP contribution in [0.15, 0.2) is 0 Å². The molecule has 0 fully saturated rings. The van der Waals surface area contributed by atoms with Crippen LogP contribution in [0.5, 0.6) is 0 Å². The molecule has 53 heavy (non-hydrogen) atoms. The van der Waals surface area contributed by atoms with Gasteiger partial charge in [-0.2, -0.15) is 0 Å². The van der Waals surface area contributed by atoms with Gasteiger partial charge in [-0.05, 0) is 26.7 Å². The lowest BCUT2D eigenvalue weighted by Crippen LogP contribution is -2.50. The van der Waals surface area contributed by atoms with Crippen molar-refractivity contribution in [1.29, 1.82) is 0 Å². The van der Waals surface area contributed by atoms with Crippen LogP contribution in [0.25, 0.3) is 0 Å². The second-order valence-electron chi connectivity index (χ2n) is 15.5. The predicted molar refractivity (Wildman–Crippen MR) is 218 cm³/mol. The molecule has 0 saturated heterocycles. The van der Waals surface area contributed by atoms with Gasteiger partial charge in [0.1, 0.15) is 13.1 Å². The van der Waals surface area contributed by atoms with E-state index in [1.165, 1.54) is 154 Å². The number of unbranched alkanes of at least 4 members (excludes halogenated alkanes) is 24. The van der Waals surface area contributed by atoms with E-state index in [4.69, 9.17) is 27.7 Å². The van der Waals surface area contributed by atoms with Crippen molar-refractivity contribution in [3.8, 4) is 0 Å². The Balaban J connectivity index is -0.000000835. The third-order valence-corrected chi connectivity index (χ3v) is 10.8. The highest BCUT2D eigenvalue weighted by Crippen LogP contribution is 2.16. The van der Waals surface area contributed by atoms with Gasteiger partial charge in [-0.3, -0.25) is 17.4 Å². The third-order valence-electron chi connectivity index (χ3n) is 10.8. The fourth-order valence-corrected chi connectivity index (χ4v) is 6.49. The van der Waals surface area contributed by atoms with E-state index in [1.807, 2.05) is 27.9 Å². The zero-order chi connectivity index (χ0) is 40.7. The number of hydrogen-bond acceptors (Lipinski definition) is 8. The molecular weight excluding hydrogens is 693 g/mol. The number of rotatable bonds is 34. The van der Waals surface area contributed by atoms with E-state index in [0.29, 0.717) is 34.9 Å². The summed E-state index contributed by atoms with van der Waals surface area (Å²) in [5.74, 6) is 0.573. The van der Waals surface area contributed by atoms with Crippen LogP contribution in [0.2, 0.25) is 0 Å². The number of aliphatic hydroxyl groups is 2. The Hall–Kier alpha value is -0.950. The summed E-state index contributed by atoms with van der Waals surface area (Å²) in [5.41, 5.74) is 0. The zero-order valence-electron chi connectivity index (χ0n) is 35.7. The van der Waals surface area contributed by atoms with E-state index < -0.39 is 10.4 Å². The van der Waals surface area contributed by atoms with Gasteiger partial charge in [-0.25, -0.2) is 9.59 Å². The molecule has 11 heteroatoms. The van der Waals surface area contributed by atoms with Crippen LogP contribution in [0, 0.1) is 0 Å². The molecule has 2 N–H and O–H groups in total. The molecular formula is C42H88N2O8S. The molecule has 0 aromatic rings. The Kier molecular flexibility index (Phi) is 41.8. The first kappa shape index (κ1) is 56.4. The predicted octanol–water partition coefficient (Wildman–Crippen LogP) is 9.57. The van der Waals surface area contributed by atoms with Crippen molar-refractivity contribution in [2.45, 2.75) is 207 Å². The van der Waals surface area contributed by atoms with Gasteiger partial charge in [0.15, 0.2) is 0 Å². The van der Waals surface area contributed by atoms with Gasteiger partial charge in [-0.15, -0.1) is 0 Å². The highest BCUT2D eigenvalue weighted by molar-refractivity contribution is 7.79. The average Bonchev–Trinajstić information content (AvgIpc) is 3.11. The number of hydrogen-bond donors (Lipinski definition) is 2. The van der Waals surface area contributed by atoms with Crippen molar-refractivity contribution < 1.29 is 46.3 Å². The van der Waals surface area contributed by atoms with Crippen molar-refractivity contribution in [3.05, 3.63) is 0 Å². The number of carbonyl (C=O) groups excluding carboxylic acids is 2. The van der Waals surface area contributed by atoms with Crippen molar-refractivity contribution >= 4 is 22.2 Å². The van der Waals surface area contributed by atoms with Gasteiger partial charge >= 0.3 is 11.8 Å². The second kappa shape index (κ2) is 39.3. The minimum Gasteiger partial charge on any atom is -0.759 e. The molecule has 0 radical (unpaired) electrons. The molecule has 2 amide bonds. The normalized spacial score (nSPS) is 13.6. The number of nitrogens with zero attached hydrogens (tertiary/aromatic N) is 2. The lowest BCUT2D eigenvalue weighted by molar-refractivity contribution is -0.833. The van der Waals surface area contributed by atoms with Gasteiger partial charge in [0.05, 0.1) is 53.2 Å². The van der Waals surface area contributed by atoms with Crippen molar-refractivity contribution in [3.63, 3.8) is 0 Å². The molecule has 0 aliphatic carbocycles. The van der Waals surface area contributed by atoms with Crippen LogP contribution in [-0.4, -0.2) is 102 Å². The van der Waals surface area contributed by atoms with Gasteiger partial charge < -0.3 is 19.3 Å². The Morgan fingerprint density at radius 1 is 0.434 bits per heavy atom. The number of aliphatic hydroxyl groups excluding tert-OH is 2. The summed E-state index contributed by atoms with van der Waals surface area (Å²) in [5, 5.41) is 18.2. The minimum absolute atomic E-state index is 0.0919. The SMILES string of the molecule is CCCCCCCCCCCCCCCC(=O)[N+](C)(CC)CCO.CCCCCCCCCCCCCCCC(=O)[N+](C)(CC)CCO.O=S(=O)([O-])[O-]. The molecule has 2 atom stereocenters. The minimum atomic E-state index is -5.17. The molecule has 0 aromatic heterocycles. The van der Waals surface area contributed by atoms with E-state index in [9.17, 15) is 9.59 Å². The quantitative estimate of drug-likeness (QED) is 0.0283. The lowest BCUT2D eigenvalue weighted by atomic mass is 10.0. The number of amides is 2. The molecule has 320 valence electrons. The Bertz CT molecular complexity index is 855. The topological polar surface area (TPSA) is 155 Å². The smallest absolute Gasteiger partial charge is 0.313 e. The van der Waals surface area contributed by atoms with E-state index in [1.54, 1.807) is 0 Å². The average molecular weight is 781 g/mol. The first-order valence-electron chi connectivity index (χ1n) is 21.8. The Morgan fingerprint density at radius 3 is 0.792 bits per heavy atom. The first-order valence-corrected chi connectivity index (χ1v) is 23.2. The molecule has 0 saturated carbocycles. The summed E-state index contributed by atoms with van der Waals surface area (Å²) in [7, 11) is -1.28.